The minimum atomic E-state index is -0.211. The largest absolute Gasteiger partial charge is 0.392 e. The van der Waals surface area contributed by atoms with Gasteiger partial charge in [-0.3, -0.25) is 9.59 Å². The standard InChI is InChI=1S/C32H35N5O3S/c1-34-11-10-25-29(18-34)41-30(33-25)16-21-14-22(17-35(2)31(21)39)23-7-5-9-27(24(23)19-38)37-13-12-36-26-8-4-3-6-20(26)15-28(36)32(37)40/h5,7,9,14-15,17,38H,3-4,6,8,10-13,16,18-19H2,1-2H3. The van der Waals surface area contributed by atoms with Gasteiger partial charge >= 0.3 is 0 Å². The SMILES string of the molecule is CN1CCc2nc(Cc3cc(-c4cccc(N5CCn6c(cc7c6CCCC7)C5=O)c4CO)cn(C)c3=O)sc2C1. The highest BCUT2D eigenvalue weighted by Gasteiger charge is 2.31. The minimum absolute atomic E-state index is 0.0166. The maximum atomic E-state index is 13.8. The van der Waals surface area contributed by atoms with Crippen LogP contribution < -0.4 is 10.5 Å². The third kappa shape index (κ3) is 4.56. The molecule has 0 spiro atoms. The van der Waals surface area contributed by atoms with E-state index in [2.05, 4.69) is 22.6 Å². The fourth-order valence-corrected chi connectivity index (χ4v) is 8.02. The number of amides is 1. The Balaban J connectivity index is 1.24. The van der Waals surface area contributed by atoms with E-state index in [-0.39, 0.29) is 18.1 Å². The number of hydrogen-bond donors (Lipinski definition) is 1. The number of aliphatic hydroxyl groups excluding tert-OH is 1. The Hall–Kier alpha value is -3.53. The molecule has 5 heterocycles. The molecule has 3 aromatic heterocycles. The van der Waals surface area contributed by atoms with Gasteiger partial charge in [-0.2, -0.15) is 0 Å². The average Bonchev–Trinajstić information content (AvgIpc) is 3.56. The van der Waals surface area contributed by atoms with Crippen molar-refractivity contribution < 1.29 is 9.90 Å². The number of pyridine rings is 1. The quantitative estimate of drug-likeness (QED) is 0.394. The summed E-state index contributed by atoms with van der Waals surface area (Å²) in [5.74, 6) is -0.0166. The molecule has 212 valence electrons. The van der Waals surface area contributed by atoms with E-state index in [0.717, 1.165) is 72.1 Å². The van der Waals surface area contributed by atoms with Crippen molar-refractivity contribution in [2.75, 3.05) is 25.0 Å². The third-order valence-corrected chi connectivity index (χ3v) is 9.98. The van der Waals surface area contributed by atoms with Crippen molar-refractivity contribution in [3.8, 4) is 11.1 Å². The predicted molar refractivity (Wildman–Crippen MR) is 161 cm³/mol. The van der Waals surface area contributed by atoms with Gasteiger partial charge in [-0.15, -0.1) is 11.3 Å². The van der Waals surface area contributed by atoms with E-state index in [1.807, 2.05) is 35.4 Å². The van der Waals surface area contributed by atoms with Crippen LogP contribution in [0.3, 0.4) is 0 Å². The van der Waals surface area contributed by atoms with E-state index in [4.69, 9.17) is 4.98 Å². The smallest absolute Gasteiger partial charge is 0.274 e. The van der Waals surface area contributed by atoms with Crippen molar-refractivity contribution in [3.05, 3.63) is 90.5 Å². The molecule has 0 unspecified atom stereocenters. The molecule has 1 aromatic carbocycles. The summed E-state index contributed by atoms with van der Waals surface area (Å²) in [7, 11) is 3.89. The van der Waals surface area contributed by atoms with Gasteiger partial charge < -0.3 is 24.0 Å². The number of aryl methyl sites for hydroxylation is 2. The average molecular weight is 570 g/mol. The maximum absolute atomic E-state index is 13.8. The van der Waals surface area contributed by atoms with E-state index in [0.29, 0.717) is 24.1 Å². The molecule has 7 rings (SSSR count). The van der Waals surface area contributed by atoms with Gasteiger partial charge in [-0.1, -0.05) is 12.1 Å². The molecule has 3 aliphatic rings. The first kappa shape index (κ1) is 26.4. The molecule has 0 saturated heterocycles. The molecule has 2 aliphatic heterocycles. The number of aromatic nitrogens is 3. The number of fused-ring (bicyclic) bond motifs is 4. The Labute approximate surface area is 243 Å². The van der Waals surface area contributed by atoms with Crippen molar-refractivity contribution in [2.45, 2.75) is 58.2 Å². The third-order valence-electron chi connectivity index (χ3n) is 8.90. The van der Waals surface area contributed by atoms with Gasteiger partial charge in [0.1, 0.15) is 5.69 Å². The Morgan fingerprint density at radius 3 is 2.73 bits per heavy atom. The van der Waals surface area contributed by atoms with Crippen molar-refractivity contribution >= 4 is 22.9 Å². The second-order valence-electron chi connectivity index (χ2n) is 11.6. The van der Waals surface area contributed by atoms with Crippen LogP contribution in [0.1, 0.15) is 61.3 Å². The van der Waals surface area contributed by atoms with Crippen LogP contribution in [-0.4, -0.2) is 50.2 Å². The fraction of sp³-hybridized carbons (Fsp3) is 0.406. The molecule has 9 heteroatoms. The van der Waals surface area contributed by atoms with Crippen LogP contribution in [0.4, 0.5) is 5.69 Å². The molecule has 8 nitrogen and oxygen atoms in total. The summed E-state index contributed by atoms with van der Waals surface area (Å²) in [6.45, 7) is 3.01. The van der Waals surface area contributed by atoms with Crippen LogP contribution in [0, 0.1) is 0 Å². The summed E-state index contributed by atoms with van der Waals surface area (Å²) < 4.78 is 3.83. The number of hydrogen-bond acceptors (Lipinski definition) is 6. The topological polar surface area (TPSA) is 83.6 Å². The number of carbonyl (C=O) groups excluding carboxylic acids is 1. The molecule has 0 radical (unpaired) electrons. The molecule has 1 aliphatic carbocycles. The number of benzene rings is 1. The lowest BCUT2D eigenvalue weighted by molar-refractivity contribution is 0.0964. The van der Waals surface area contributed by atoms with Crippen LogP contribution >= 0.6 is 11.3 Å². The normalized spacial score (nSPS) is 17.0. The van der Waals surface area contributed by atoms with Gasteiger partial charge in [0, 0.05) is 74.0 Å². The first-order chi connectivity index (χ1) is 19.9. The summed E-state index contributed by atoms with van der Waals surface area (Å²) in [6, 6.07) is 9.84. The van der Waals surface area contributed by atoms with E-state index >= 15 is 0 Å². The number of anilines is 1. The van der Waals surface area contributed by atoms with Crippen molar-refractivity contribution in [3.63, 3.8) is 0 Å². The van der Waals surface area contributed by atoms with E-state index in [9.17, 15) is 14.7 Å². The van der Waals surface area contributed by atoms with Crippen molar-refractivity contribution in [2.24, 2.45) is 7.05 Å². The Morgan fingerprint density at radius 2 is 1.88 bits per heavy atom. The zero-order valence-electron chi connectivity index (χ0n) is 23.7. The monoisotopic (exact) mass is 569 g/mol. The minimum Gasteiger partial charge on any atom is -0.392 e. The van der Waals surface area contributed by atoms with Crippen LogP contribution in [0.15, 0.2) is 41.3 Å². The lowest BCUT2D eigenvalue weighted by Gasteiger charge is -2.31. The predicted octanol–water partition coefficient (Wildman–Crippen LogP) is 3.92. The molecular weight excluding hydrogens is 534 g/mol. The molecule has 4 aromatic rings. The van der Waals surface area contributed by atoms with Crippen LogP contribution in [0.5, 0.6) is 0 Å². The zero-order valence-corrected chi connectivity index (χ0v) is 24.5. The van der Waals surface area contributed by atoms with Gasteiger partial charge in [-0.25, -0.2) is 4.98 Å². The van der Waals surface area contributed by atoms with E-state index in [1.165, 1.54) is 29.0 Å². The number of aliphatic hydroxyl groups is 1. The van der Waals surface area contributed by atoms with Crippen LogP contribution in [0.25, 0.3) is 11.1 Å². The van der Waals surface area contributed by atoms with Gasteiger partial charge in [0.2, 0.25) is 0 Å². The van der Waals surface area contributed by atoms with Crippen molar-refractivity contribution in [1.82, 2.24) is 19.0 Å². The van der Waals surface area contributed by atoms with Crippen LogP contribution in [0.2, 0.25) is 0 Å². The highest BCUT2D eigenvalue weighted by molar-refractivity contribution is 7.11. The molecule has 1 amide bonds. The highest BCUT2D eigenvalue weighted by Crippen LogP contribution is 2.36. The molecule has 0 bridgehead atoms. The van der Waals surface area contributed by atoms with Gasteiger partial charge in [0.05, 0.1) is 23.0 Å². The van der Waals surface area contributed by atoms with Gasteiger partial charge in [0.25, 0.3) is 11.5 Å². The molecule has 1 N–H and O–H groups in total. The van der Waals surface area contributed by atoms with E-state index < -0.39 is 0 Å². The van der Waals surface area contributed by atoms with Crippen molar-refractivity contribution in [1.29, 1.82) is 0 Å². The molecule has 41 heavy (non-hydrogen) atoms. The first-order valence-electron chi connectivity index (χ1n) is 14.5. The highest BCUT2D eigenvalue weighted by atomic mass is 32.1. The molecule has 0 atom stereocenters. The zero-order chi connectivity index (χ0) is 28.2. The number of likely N-dealkylation sites (N-methyl/N-ethyl adjacent to an activating group) is 1. The summed E-state index contributed by atoms with van der Waals surface area (Å²) in [5, 5.41) is 11.6. The number of thiazole rings is 1. The lowest BCUT2D eigenvalue weighted by Crippen LogP contribution is -2.41. The van der Waals surface area contributed by atoms with E-state index in [1.54, 1.807) is 23.0 Å². The number of nitrogens with zero attached hydrogens (tertiary/aromatic N) is 5. The Morgan fingerprint density at radius 1 is 1.02 bits per heavy atom. The summed E-state index contributed by atoms with van der Waals surface area (Å²) in [6.07, 6.45) is 7.66. The maximum Gasteiger partial charge on any atom is 0.274 e. The first-order valence-corrected chi connectivity index (χ1v) is 15.3. The Bertz CT molecular complexity index is 1730. The number of carbonyl (C=O) groups is 1. The molecule has 0 fully saturated rings. The van der Waals surface area contributed by atoms with Crippen LogP contribution in [-0.2, 0) is 52.4 Å². The summed E-state index contributed by atoms with van der Waals surface area (Å²) in [4.78, 5) is 37.2. The Kier molecular flexibility index (Phi) is 6.68. The van der Waals surface area contributed by atoms with Gasteiger partial charge in [0.15, 0.2) is 0 Å². The second-order valence-corrected chi connectivity index (χ2v) is 12.8. The summed E-state index contributed by atoms with van der Waals surface area (Å²) in [5.41, 5.74) is 8.27. The lowest BCUT2D eigenvalue weighted by atomic mass is 9.97. The number of rotatable bonds is 5. The second kappa shape index (κ2) is 10.4. The summed E-state index contributed by atoms with van der Waals surface area (Å²) >= 11 is 1.70. The van der Waals surface area contributed by atoms with Gasteiger partial charge in [-0.05, 0) is 67.6 Å². The molecule has 0 saturated carbocycles. The fourth-order valence-electron chi connectivity index (χ4n) is 6.80. The molecular formula is C32H35N5O3S.